The summed E-state index contributed by atoms with van der Waals surface area (Å²) in [5.41, 5.74) is 0.0283. The summed E-state index contributed by atoms with van der Waals surface area (Å²) in [4.78, 5) is 34.1. The topological polar surface area (TPSA) is 93.7 Å². The third-order valence-electron chi connectivity index (χ3n) is 4.40. The standard InChI is InChI=1S/C18H20N4O4/c1-5-18(3)15(23)22(17(24)21-18)14-8-9-19-16(20-14)26-12-7-6-11(2)13(10-12)25-4/h6-10H,5H2,1-4H3,(H,21,24)/t18-/m1/s1. The molecule has 1 aromatic heterocycles. The Bertz CT molecular complexity index is 870. The van der Waals surface area contributed by atoms with Gasteiger partial charge in [-0.25, -0.2) is 14.7 Å². The van der Waals surface area contributed by atoms with Gasteiger partial charge in [0.2, 0.25) is 0 Å². The van der Waals surface area contributed by atoms with Crippen LogP contribution in [0.4, 0.5) is 10.6 Å². The number of urea groups is 1. The summed E-state index contributed by atoms with van der Waals surface area (Å²) in [6, 6.07) is 6.33. The highest BCUT2D eigenvalue weighted by molar-refractivity contribution is 6.22. The molecule has 1 aliphatic rings. The SMILES string of the molecule is CC[C@@]1(C)NC(=O)N(c2ccnc(Oc3ccc(C)c(OC)c3)n2)C1=O. The van der Waals surface area contributed by atoms with Crippen LogP contribution in [0.1, 0.15) is 25.8 Å². The molecule has 2 aromatic rings. The van der Waals surface area contributed by atoms with Gasteiger partial charge in [-0.3, -0.25) is 4.79 Å². The highest BCUT2D eigenvalue weighted by Crippen LogP contribution is 2.29. The molecule has 0 aliphatic carbocycles. The van der Waals surface area contributed by atoms with Crippen molar-refractivity contribution in [1.82, 2.24) is 15.3 Å². The first kappa shape index (κ1) is 17.7. The third-order valence-corrected chi connectivity index (χ3v) is 4.40. The lowest BCUT2D eigenvalue weighted by atomic mass is 9.99. The summed E-state index contributed by atoms with van der Waals surface area (Å²) in [5, 5.41) is 2.69. The molecule has 8 nitrogen and oxygen atoms in total. The minimum atomic E-state index is -0.937. The van der Waals surface area contributed by atoms with E-state index in [1.54, 1.807) is 26.2 Å². The number of hydrogen-bond acceptors (Lipinski definition) is 6. The number of carbonyl (C=O) groups excluding carboxylic acids is 2. The van der Waals surface area contributed by atoms with Crippen LogP contribution in [0.25, 0.3) is 0 Å². The number of nitrogens with one attached hydrogen (secondary N) is 1. The highest BCUT2D eigenvalue weighted by Gasteiger charge is 2.47. The molecule has 1 aromatic carbocycles. The number of ether oxygens (including phenoxy) is 2. The molecule has 1 saturated heterocycles. The van der Waals surface area contributed by atoms with E-state index in [-0.39, 0.29) is 17.7 Å². The number of aromatic nitrogens is 2. The molecule has 3 rings (SSSR count). The zero-order valence-corrected chi connectivity index (χ0v) is 15.1. The van der Waals surface area contributed by atoms with E-state index in [1.807, 2.05) is 19.9 Å². The van der Waals surface area contributed by atoms with Crippen LogP contribution in [0.3, 0.4) is 0 Å². The Morgan fingerprint density at radius 1 is 1.27 bits per heavy atom. The Morgan fingerprint density at radius 2 is 2.04 bits per heavy atom. The first-order chi connectivity index (χ1) is 12.4. The Balaban J connectivity index is 1.87. The van der Waals surface area contributed by atoms with Gasteiger partial charge in [-0.15, -0.1) is 0 Å². The maximum absolute atomic E-state index is 12.6. The highest BCUT2D eigenvalue weighted by atomic mass is 16.5. The van der Waals surface area contributed by atoms with Crippen LogP contribution in [0.15, 0.2) is 30.5 Å². The number of nitrogens with zero attached hydrogens (tertiary/aromatic N) is 3. The summed E-state index contributed by atoms with van der Waals surface area (Å²) >= 11 is 0. The smallest absolute Gasteiger partial charge is 0.330 e. The summed E-state index contributed by atoms with van der Waals surface area (Å²) in [6.45, 7) is 5.44. The van der Waals surface area contributed by atoms with Gasteiger partial charge in [0.25, 0.3) is 5.91 Å². The molecule has 26 heavy (non-hydrogen) atoms. The lowest BCUT2D eigenvalue weighted by Gasteiger charge is -2.18. The van der Waals surface area contributed by atoms with Gasteiger partial charge in [-0.2, -0.15) is 4.98 Å². The van der Waals surface area contributed by atoms with Gasteiger partial charge in [0.15, 0.2) is 5.82 Å². The van der Waals surface area contributed by atoms with E-state index in [0.29, 0.717) is 17.9 Å². The Morgan fingerprint density at radius 3 is 2.69 bits per heavy atom. The number of rotatable bonds is 5. The molecule has 1 N–H and O–H groups in total. The number of amides is 3. The molecule has 0 bridgehead atoms. The molecule has 0 unspecified atom stereocenters. The number of anilines is 1. The molecular formula is C18H20N4O4. The monoisotopic (exact) mass is 356 g/mol. The fraction of sp³-hybridized carbons (Fsp3) is 0.333. The van der Waals surface area contributed by atoms with Crippen molar-refractivity contribution in [2.24, 2.45) is 0 Å². The van der Waals surface area contributed by atoms with Crippen molar-refractivity contribution >= 4 is 17.8 Å². The predicted molar refractivity (Wildman–Crippen MR) is 94.6 cm³/mol. The second kappa shape index (κ2) is 6.62. The van der Waals surface area contributed by atoms with Crippen molar-refractivity contribution in [2.45, 2.75) is 32.7 Å². The molecule has 8 heteroatoms. The number of imide groups is 1. The maximum Gasteiger partial charge on any atom is 0.330 e. The Labute approximate surface area is 151 Å². The summed E-state index contributed by atoms with van der Waals surface area (Å²) in [6.07, 6.45) is 1.91. The summed E-state index contributed by atoms with van der Waals surface area (Å²) in [7, 11) is 1.57. The predicted octanol–water partition coefficient (Wildman–Crippen LogP) is 2.81. The van der Waals surface area contributed by atoms with E-state index in [0.717, 1.165) is 10.5 Å². The average molecular weight is 356 g/mol. The molecule has 1 atom stereocenters. The van der Waals surface area contributed by atoms with Gasteiger partial charge >= 0.3 is 12.0 Å². The quantitative estimate of drug-likeness (QED) is 0.828. The van der Waals surface area contributed by atoms with Crippen molar-refractivity contribution in [3.8, 4) is 17.5 Å². The minimum absolute atomic E-state index is 0.0270. The third kappa shape index (κ3) is 3.05. The second-order valence-electron chi connectivity index (χ2n) is 6.19. The Kier molecular flexibility index (Phi) is 4.50. The molecule has 3 amide bonds. The minimum Gasteiger partial charge on any atom is -0.496 e. The van der Waals surface area contributed by atoms with Gasteiger partial charge in [0.05, 0.1) is 7.11 Å². The van der Waals surface area contributed by atoms with Crippen LogP contribution in [0, 0.1) is 6.92 Å². The van der Waals surface area contributed by atoms with Gasteiger partial charge in [-0.1, -0.05) is 13.0 Å². The van der Waals surface area contributed by atoms with E-state index in [4.69, 9.17) is 9.47 Å². The fourth-order valence-electron chi connectivity index (χ4n) is 2.61. The molecule has 0 saturated carbocycles. The lowest BCUT2D eigenvalue weighted by molar-refractivity contribution is -0.121. The zero-order chi connectivity index (χ0) is 18.9. The number of benzene rings is 1. The van der Waals surface area contributed by atoms with Crippen molar-refractivity contribution < 1.29 is 19.1 Å². The van der Waals surface area contributed by atoms with E-state index < -0.39 is 11.6 Å². The van der Waals surface area contributed by atoms with Crippen molar-refractivity contribution in [3.63, 3.8) is 0 Å². The molecule has 0 radical (unpaired) electrons. The Hall–Kier alpha value is -3.16. The van der Waals surface area contributed by atoms with Crippen LogP contribution in [0.5, 0.6) is 17.5 Å². The number of carbonyl (C=O) groups is 2. The first-order valence-corrected chi connectivity index (χ1v) is 8.20. The molecule has 136 valence electrons. The van der Waals surface area contributed by atoms with E-state index in [2.05, 4.69) is 15.3 Å². The van der Waals surface area contributed by atoms with Crippen LogP contribution < -0.4 is 19.7 Å². The number of methoxy groups -OCH3 is 1. The van der Waals surface area contributed by atoms with Gasteiger partial charge in [0, 0.05) is 18.3 Å². The number of aryl methyl sites for hydroxylation is 1. The average Bonchev–Trinajstić information content (AvgIpc) is 2.86. The second-order valence-corrected chi connectivity index (χ2v) is 6.19. The van der Waals surface area contributed by atoms with E-state index >= 15 is 0 Å². The van der Waals surface area contributed by atoms with Crippen molar-refractivity contribution in [1.29, 1.82) is 0 Å². The molecule has 1 fully saturated rings. The molecule has 2 heterocycles. The maximum atomic E-state index is 12.6. The van der Waals surface area contributed by atoms with E-state index in [9.17, 15) is 9.59 Å². The molecule has 0 spiro atoms. The van der Waals surface area contributed by atoms with Gasteiger partial charge < -0.3 is 14.8 Å². The van der Waals surface area contributed by atoms with Crippen LogP contribution >= 0.6 is 0 Å². The van der Waals surface area contributed by atoms with Crippen LogP contribution in [0.2, 0.25) is 0 Å². The number of hydrogen-bond donors (Lipinski definition) is 1. The van der Waals surface area contributed by atoms with Crippen molar-refractivity contribution in [3.05, 3.63) is 36.0 Å². The molecular weight excluding hydrogens is 336 g/mol. The van der Waals surface area contributed by atoms with Gasteiger partial charge in [-0.05, 0) is 31.9 Å². The van der Waals surface area contributed by atoms with Crippen molar-refractivity contribution in [2.75, 3.05) is 12.0 Å². The van der Waals surface area contributed by atoms with Gasteiger partial charge in [0.1, 0.15) is 17.0 Å². The van der Waals surface area contributed by atoms with Crippen LogP contribution in [-0.4, -0.2) is 34.6 Å². The summed E-state index contributed by atoms with van der Waals surface area (Å²) < 4.78 is 10.9. The first-order valence-electron chi connectivity index (χ1n) is 8.20. The fourth-order valence-corrected chi connectivity index (χ4v) is 2.61. The summed E-state index contributed by atoms with van der Waals surface area (Å²) in [5.74, 6) is 0.965. The molecule has 1 aliphatic heterocycles. The van der Waals surface area contributed by atoms with E-state index in [1.165, 1.54) is 12.3 Å². The zero-order valence-electron chi connectivity index (χ0n) is 15.1. The largest absolute Gasteiger partial charge is 0.496 e. The lowest BCUT2D eigenvalue weighted by Crippen LogP contribution is -2.43. The van der Waals surface area contributed by atoms with Crippen LogP contribution in [-0.2, 0) is 4.79 Å². The normalized spacial score (nSPS) is 19.5.